The summed E-state index contributed by atoms with van der Waals surface area (Å²) in [4.78, 5) is 29.5. The van der Waals surface area contributed by atoms with Crippen LogP contribution in [0, 0.1) is 0 Å². The molecule has 8 nitrogen and oxygen atoms in total. The second-order valence-corrected chi connectivity index (χ2v) is 7.37. The van der Waals surface area contributed by atoms with Crippen molar-refractivity contribution in [3.63, 3.8) is 0 Å². The van der Waals surface area contributed by atoms with Gasteiger partial charge in [-0.1, -0.05) is 36.4 Å². The number of carbonyl (C=O) groups is 2. The molecule has 1 fully saturated rings. The van der Waals surface area contributed by atoms with Gasteiger partial charge in [-0.05, 0) is 27.6 Å². The summed E-state index contributed by atoms with van der Waals surface area (Å²) in [5.74, 6) is -1.11. The van der Waals surface area contributed by atoms with Gasteiger partial charge in [0.05, 0.1) is 19.8 Å². The van der Waals surface area contributed by atoms with Gasteiger partial charge in [0, 0.05) is 18.3 Å². The molecular weight excluding hydrogens is 444 g/mol. The standard InChI is InChI=1S/C20H21BrN2O6/c21-17-7-6-16(10-22-17)20(29-12-18(24)25)13-23(8-9-27-14-20)19(26)28-11-15-4-2-1-3-5-15/h1-7,10H,8-9,11-14H2,(H,24,25). The minimum atomic E-state index is -1.17. The zero-order valence-electron chi connectivity index (χ0n) is 15.6. The zero-order chi connectivity index (χ0) is 20.7. The van der Waals surface area contributed by atoms with Gasteiger partial charge in [-0.3, -0.25) is 0 Å². The molecule has 1 N–H and O–H groups in total. The third-order valence-electron chi connectivity index (χ3n) is 4.48. The SMILES string of the molecule is O=C(O)COC1(c2ccc(Br)nc2)COCCN(C(=O)OCc2ccccc2)C1. The van der Waals surface area contributed by atoms with Crippen molar-refractivity contribution in [1.29, 1.82) is 0 Å². The predicted molar refractivity (Wildman–Crippen MR) is 106 cm³/mol. The monoisotopic (exact) mass is 464 g/mol. The van der Waals surface area contributed by atoms with Crippen molar-refractivity contribution in [3.8, 4) is 0 Å². The Bertz CT molecular complexity index is 833. The Labute approximate surface area is 176 Å². The summed E-state index contributed by atoms with van der Waals surface area (Å²) in [6, 6.07) is 12.9. The average Bonchev–Trinajstić information content (AvgIpc) is 2.95. The van der Waals surface area contributed by atoms with E-state index in [1.165, 1.54) is 4.90 Å². The highest BCUT2D eigenvalue weighted by atomic mass is 79.9. The predicted octanol–water partition coefficient (Wildman–Crippen LogP) is 2.81. The van der Waals surface area contributed by atoms with Gasteiger partial charge in [0.1, 0.15) is 23.4 Å². The fraction of sp³-hybridized carbons (Fsp3) is 0.350. The summed E-state index contributed by atoms with van der Waals surface area (Å²) in [5.41, 5.74) is 0.316. The molecule has 1 unspecified atom stereocenters. The van der Waals surface area contributed by atoms with E-state index >= 15 is 0 Å². The van der Waals surface area contributed by atoms with E-state index in [1.807, 2.05) is 30.3 Å². The molecule has 0 aliphatic carbocycles. The zero-order valence-corrected chi connectivity index (χ0v) is 17.2. The number of amides is 1. The molecule has 0 bridgehead atoms. The first-order chi connectivity index (χ1) is 14.0. The smallest absolute Gasteiger partial charge is 0.410 e. The maximum Gasteiger partial charge on any atom is 0.410 e. The molecule has 29 heavy (non-hydrogen) atoms. The molecule has 2 aromatic rings. The van der Waals surface area contributed by atoms with E-state index in [9.17, 15) is 9.59 Å². The number of rotatable bonds is 6. The molecule has 1 aliphatic heterocycles. The molecule has 1 aromatic heterocycles. The molecule has 2 heterocycles. The molecule has 1 saturated heterocycles. The number of ether oxygens (including phenoxy) is 3. The number of carboxylic acid groups (broad SMARTS) is 1. The van der Waals surface area contributed by atoms with Gasteiger partial charge in [0.15, 0.2) is 0 Å². The van der Waals surface area contributed by atoms with E-state index < -0.39 is 24.3 Å². The maximum atomic E-state index is 12.7. The van der Waals surface area contributed by atoms with Gasteiger partial charge < -0.3 is 24.2 Å². The van der Waals surface area contributed by atoms with E-state index in [1.54, 1.807) is 18.3 Å². The number of pyridine rings is 1. The van der Waals surface area contributed by atoms with Gasteiger partial charge in [0.2, 0.25) is 0 Å². The molecule has 1 amide bonds. The number of aromatic nitrogens is 1. The number of aliphatic carboxylic acids is 1. The number of hydrogen-bond donors (Lipinski definition) is 1. The van der Waals surface area contributed by atoms with E-state index in [4.69, 9.17) is 19.3 Å². The highest BCUT2D eigenvalue weighted by molar-refractivity contribution is 9.10. The lowest BCUT2D eigenvalue weighted by atomic mass is 9.95. The molecule has 1 aromatic carbocycles. The summed E-state index contributed by atoms with van der Waals surface area (Å²) in [7, 11) is 0. The second-order valence-electron chi connectivity index (χ2n) is 6.56. The Morgan fingerprint density at radius 2 is 2.03 bits per heavy atom. The van der Waals surface area contributed by atoms with Crippen molar-refractivity contribution in [2.75, 3.05) is 32.9 Å². The Morgan fingerprint density at radius 3 is 2.72 bits per heavy atom. The van der Waals surface area contributed by atoms with Crippen LogP contribution in [-0.2, 0) is 31.2 Å². The minimum absolute atomic E-state index is 0.0806. The van der Waals surface area contributed by atoms with Crippen LogP contribution >= 0.6 is 15.9 Å². The lowest BCUT2D eigenvalue weighted by Gasteiger charge is -2.34. The lowest BCUT2D eigenvalue weighted by Crippen LogP contribution is -2.47. The molecule has 0 spiro atoms. The first-order valence-electron chi connectivity index (χ1n) is 9.00. The second kappa shape index (κ2) is 9.82. The van der Waals surface area contributed by atoms with E-state index in [0.29, 0.717) is 16.7 Å². The Morgan fingerprint density at radius 1 is 1.24 bits per heavy atom. The van der Waals surface area contributed by atoms with Crippen molar-refractivity contribution in [1.82, 2.24) is 9.88 Å². The van der Waals surface area contributed by atoms with E-state index in [-0.39, 0.29) is 26.4 Å². The first kappa shape index (κ1) is 21.2. The highest BCUT2D eigenvalue weighted by Crippen LogP contribution is 2.30. The summed E-state index contributed by atoms with van der Waals surface area (Å²) in [6.45, 7) is 0.355. The maximum absolute atomic E-state index is 12.7. The van der Waals surface area contributed by atoms with Crippen LogP contribution in [0.1, 0.15) is 11.1 Å². The average molecular weight is 465 g/mol. The van der Waals surface area contributed by atoms with Gasteiger partial charge in [-0.2, -0.15) is 0 Å². The molecule has 1 aliphatic rings. The highest BCUT2D eigenvalue weighted by Gasteiger charge is 2.40. The molecule has 9 heteroatoms. The minimum Gasteiger partial charge on any atom is -0.480 e. The molecule has 0 saturated carbocycles. The van der Waals surface area contributed by atoms with Crippen LogP contribution < -0.4 is 0 Å². The Hall–Kier alpha value is -2.49. The van der Waals surface area contributed by atoms with Crippen molar-refractivity contribution in [2.24, 2.45) is 0 Å². The molecular formula is C20H21BrN2O6. The Balaban J connectivity index is 1.79. The Kier molecular flexibility index (Phi) is 7.18. The summed E-state index contributed by atoms with van der Waals surface area (Å²) < 4.78 is 17.5. The van der Waals surface area contributed by atoms with E-state index in [0.717, 1.165) is 5.56 Å². The normalized spacial score (nSPS) is 19.4. The van der Waals surface area contributed by atoms with Gasteiger partial charge in [-0.25, -0.2) is 14.6 Å². The van der Waals surface area contributed by atoms with Crippen molar-refractivity contribution < 1.29 is 28.9 Å². The van der Waals surface area contributed by atoms with Crippen LogP contribution in [0.15, 0.2) is 53.3 Å². The number of halogens is 1. The van der Waals surface area contributed by atoms with E-state index in [2.05, 4.69) is 20.9 Å². The third kappa shape index (κ3) is 5.75. The summed E-state index contributed by atoms with van der Waals surface area (Å²) in [5, 5.41) is 9.11. The van der Waals surface area contributed by atoms with Crippen molar-refractivity contribution >= 4 is 28.0 Å². The fourth-order valence-electron chi connectivity index (χ4n) is 3.00. The fourth-order valence-corrected chi connectivity index (χ4v) is 3.24. The lowest BCUT2D eigenvalue weighted by molar-refractivity contribution is -0.155. The van der Waals surface area contributed by atoms with Crippen LogP contribution in [0.4, 0.5) is 4.79 Å². The molecule has 0 radical (unpaired) electrons. The van der Waals surface area contributed by atoms with Crippen LogP contribution in [0.3, 0.4) is 0 Å². The van der Waals surface area contributed by atoms with Crippen LogP contribution in [-0.4, -0.2) is 60.0 Å². The van der Waals surface area contributed by atoms with Crippen LogP contribution in [0.5, 0.6) is 0 Å². The van der Waals surface area contributed by atoms with Crippen molar-refractivity contribution in [2.45, 2.75) is 12.2 Å². The quantitative estimate of drug-likeness (QED) is 0.656. The first-order valence-corrected chi connectivity index (χ1v) is 9.79. The molecule has 1 atom stereocenters. The topological polar surface area (TPSA) is 98.2 Å². The number of carboxylic acids is 1. The van der Waals surface area contributed by atoms with Gasteiger partial charge in [0.25, 0.3) is 0 Å². The number of benzene rings is 1. The number of hydrogen-bond acceptors (Lipinski definition) is 6. The van der Waals surface area contributed by atoms with Gasteiger partial charge in [-0.15, -0.1) is 0 Å². The number of nitrogens with zero attached hydrogens (tertiary/aromatic N) is 2. The number of carbonyl (C=O) groups excluding carboxylic acids is 1. The van der Waals surface area contributed by atoms with Crippen LogP contribution in [0.2, 0.25) is 0 Å². The molecule has 154 valence electrons. The third-order valence-corrected chi connectivity index (χ3v) is 4.94. The van der Waals surface area contributed by atoms with Crippen molar-refractivity contribution in [3.05, 3.63) is 64.4 Å². The van der Waals surface area contributed by atoms with Crippen LogP contribution in [0.25, 0.3) is 0 Å². The largest absolute Gasteiger partial charge is 0.480 e. The summed E-state index contributed by atoms with van der Waals surface area (Å²) >= 11 is 3.28. The molecule has 3 rings (SSSR count). The van der Waals surface area contributed by atoms with Gasteiger partial charge >= 0.3 is 12.1 Å². The summed E-state index contributed by atoms with van der Waals surface area (Å²) in [6.07, 6.45) is 1.06.